The fraction of sp³-hybridized carbons (Fsp3) is 0.471. The van der Waals surface area contributed by atoms with Gasteiger partial charge in [0.2, 0.25) is 0 Å². The van der Waals surface area contributed by atoms with Crippen LogP contribution in [0.3, 0.4) is 0 Å². The van der Waals surface area contributed by atoms with Crippen molar-refractivity contribution in [2.24, 2.45) is 11.3 Å². The van der Waals surface area contributed by atoms with Gasteiger partial charge in [0.1, 0.15) is 0 Å². The number of benzene rings is 1. The molecule has 0 atom stereocenters. The van der Waals surface area contributed by atoms with Crippen LogP contribution in [0.25, 0.3) is 10.9 Å². The van der Waals surface area contributed by atoms with Crippen molar-refractivity contribution >= 4 is 10.9 Å². The van der Waals surface area contributed by atoms with Crippen molar-refractivity contribution < 1.29 is 0 Å². The van der Waals surface area contributed by atoms with Crippen LogP contribution in [0.1, 0.15) is 32.3 Å². The molecule has 1 heterocycles. The first kappa shape index (κ1) is 12.6. The van der Waals surface area contributed by atoms with Gasteiger partial charge in [-0.15, -0.1) is 0 Å². The zero-order chi connectivity index (χ0) is 13.3. The molecule has 19 heavy (non-hydrogen) atoms. The molecular formula is C17H22N2. The van der Waals surface area contributed by atoms with Gasteiger partial charge < -0.3 is 5.32 Å². The van der Waals surface area contributed by atoms with Gasteiger partial charge in [0.05, 0.1) is 5.52 Å². The molecule has 0 amide bonds. The fourth-order valence-electron chi connectivity index (χ4n) is 2.87. The summed E-state index contributed by atoms with van der Waals surface area (Å²) in [5.41, 5.74) is 3.01. The minimum absolute atomic E-state index is 0.572. The van der Waals surface area contributed by atoms with Crippen molar-refractivity contribution in [2.75, 3.05) is 6.54 Å². The van der Waals surface area contributed by atoms with E-state index < -0.39 is 0 Å². The quantitative estimate of drug-likeness (QED) is 0.878. The average Bonchev–Trinajstić information content (AvgIpc) is 3.20. The molecule has 3 rings (SSSR count). The molecule has 2 heteroatoms. The Labute approximate surface area is 115 Å². The largest absolute Gasteiger partial charge is 0.312 e. The highest BCUT2D eigenvalue weighted by Gasteiger charge is 2.44. The van der Waals surface area contributed by atoms with E-state index >= 15 is 0 Å². The summed E-state index contributed by atoms with van der Waals surface area (Å²) in [6.45, 7) is 6.77. The molecule has 0 bridgehead atoms. The third-order valence-corrected chi connectivity index (χ3v) is 4.65. The van der Waals surface area contributed by atoms with E-state index in [1.54, 1.807) is 0 Å². The standard InChI is InChI=1S/C17H22N2/c1-13(2)17(8-9-17)12-18-11-14-7-10-19-16-6-4-3-5-15(14)16/h3-7,10,13,18H,8-9,11-12H2,1-2H3. The Bertz CT molecular complexity index is 565. The van der Waals surface area contributed by atoms with Crippen LogP contribution >= 0.6 is 0 Å². The second kappa shape index (κ2) is 4.93. The molecule has 1 N–H and O–H groups in total. The van der Waals surface area contributed by atoms with Crippen molar-refractivity contribution in [1.82, 2.24) is 10.3 Å². The Kier molecular flexibility index (Phi) is 3.28. The molecule has 1 saturated carbocycles. The Morgan fingerprint density at radius 3 is 2.74 bits per heavy atom. The molecule has 1 aromatic heterocycles. The first-order valence-corrected chi connectivity index (χ1v) is 7.25. The minimum Gasteiger partial charge on any atom is -0.312 e. The van der Waals surface area contributed by atoms with Crippen LogP contribution in [-0.2, 0) is 6.54 Å². The Hall–Kier alpha value is -1.41. The highest BCUT2D eigenvalue weighted by atomic mass is 14.9. The average molecular weight is 254 g/mol. The van der Waals surface area contributed by atoms with Gasteiger partial charge in [-0.05, 0) is 41.9 Å². The second-order valence-electron chi connectivity index (χ2n) is 6.11. The van der Waals surface area contributed by atoms with Gasteiger partial charge in [-0.2, -0.15) is 0 Å². The highest BCUT2D eigenvalue weighted by molar-refractivity contribution is 5.81. The monoisotopic (exact) mass is 254 g/mol. The van der Waals surface area contributed by atoms with Gasteiger partial charge in [0.25, 0.3) is 0 Å². The molecule has 0 radical (unpaired) electrons. The molecular weight excluding hydrogens is 232 g/mol. The maximum atomic E-state index is 4.41. The van der Waals surface area contributed by atoms with E-state index in [1.165, 1.54) is 23.8 Å². The molecule has 100 valence electrons. The number of hydrogen-bond acceptors (Lipinski definition) is 2. The molecule has 0 aliphatic heterocycles. The van der Waals surface area contributed by atoms with E-state index in [2.05, 4.69) is 48.4 Å². The van der Waals surface area contributed by atoms with Crippen LogP contribution in [0.4, 0.5) is 0 Å². The van der Waals surface area contributed by atoms with E-state index in [9.17, 15) is 0 Å². The maximum absolute atomic E-state index is 4.41. The molecule has 1 aliphatic rings. The van der Waals surface area contributed by atoms with Gasteiger partial charge in [-0.25, -0.2) is 0 Å². The predicted molar refractivity (Wildman–Crippen MR) is 80.0 cm³/mol. The summed E-state index contributed by atoms with van der Waals surface area (Å²) < 4.78 is 0. The zero-order valence-corrected chi connectivity index (χ0v) is 11.8. The first-order chi connectivity index (χ1) is 9.21. The normalized spacial score (nSPS) is 17.0. The lowest BCUT2D eigenvalue weighted by Crippen LogP contribution is -2.27. The molecule has 1 aliphatic carbocycles. The fourth-order valence-corrected chi connectivity index (χ4v) is 2.87. The number of aromatic nitrogens is 1. The number of rotatable bonds is 5. The van der Waals surface area contributed by atoms with Crippen LogP contribution in [-0.4, -0.2) is 11.5 Å². The van der Waals surface area contributed by atoms with Gasteiger partial charge >= 0.3 is 0 Å². The lowest BCUT2D eigenvalue weighted by Gasteiger charge is -2.20. The summed E-state index contributed by atoms with van der Waals surface area (Å²) >= 11 is 0. The Morgan fingerprint density at radius 2 is 2.00 bits per heavy atom. The van der Waals surface area contributed by atoms with Crippen molar-refractivity contribution in [2.45, 2.75) is 33.2 Å². The van der Waals surface area contributed by atoms with E-state index in [4.69, 9.17) is 0 Å². The van der Waals surface area contributed by atoms with Crippen LogP contribution < -0.4 is 5.32 Å². The van der Waals surface area contributed by atoms with E-state index in [-0.39, 0.29) is 0 Å². The lowest BCUT2D eigenvalue weighted by molar-refractivity contribution is 0.338. The molecule has 1 aromatic carbocycles. The molecule has 2 aromatic rings. The second-order valence-corrected chi connectivity index (χ2v) is 6.11. The van der Waals surface area contributed by atoms with Crippen LogP contribution in [0.5, 0.6) is 0 Å². The zero-order valence-electron chi connectivity index (χ0n) is 11.8. The van der Waals surface area contributed by atoms with Crippen LogP contribution in [0, 0.1) is 11.3 Å². The molecule has 0 spiro atoms. The van der Waals surface area contributed by atoms with E-state index in [0.29, 0.717) is 5.41 Å². The summed E-state index contributed by atoms with van der Waals surface area (Å²) in [7, 11) is 0. The summed E-state index contributed by atoms with van der Waals surface area (Å²) in [6.07, 6.45) is 4.68. The summed E-state index contributed by atoms with van der Waals surface area (Å²) in [5, 5.41) is 4.92. The van der Waals surface area contributed by atoms with E-state index in [0.717, 1.165) is 24.5 Å². The molecule has 0 saturated heterocycles. The summed E-state index contributed by atoms with van der Waals surface area (Å²) in [6, 6.07) is 10.5. The van der Waals surface area contributed by atoms with Gasteiger partial charge in [-0.3, -0.25) is 4.98 Å². The third-order valence-electron chi connectivity index (χ3n) is 4.65. The van der Waals surface area contributed by atoms with Crippen molar-refractivity contribution in [3.63, 3.8) is 0 Å². The SMILES string of the molecule is CC(C)C1(CNCc2ccnc3ccccc23)CC1. The van der Waals surface area contributed by atoms with Crippen molar-refractivity contribution in [1.29, 1.82) is 0 Å². The maximum Gasteiger partial charge on any atom is 0.0705 e. The summed E-state index contributed by atoms with van der Waals surface area (Å²) in [4.78, 5) is 4.41. The lowest BCUT2D eigenvalue weighted by atomic mass is 9.92. The van der Waals surface area contributed by atoms with Gasteiger partial charge in [0, 0.05) is 24.7 Å². The molecule has 2 nitrogen and oxygen atoms in total. The molecule has 1 fully saturated rings. The number of para-hydroxylation sites is 1. The third kappa shape index (κ3) is 2.50. The first-order valence-electron chi connectivity index (χ1n) is 7.25. The Balaban J connectivity index is 1.69. The van der Waals surface area contributed by atoms with Crippen LogP contribution in [0.15, 0.2) is 36.5 Å². The van der Waals surface area contributed by atoms with E-state index in [1.807, 2.05) is 12.3 Å². The smallest absolute Gasteiger partial charge is 0.0705 e. The topological polar surface area (TPSA) is 24.9 Å². The van der Waals surface area contributed by atoms with Crippen LogP contribution in [0.2, 0.25) is 0 Å². The highest BCUT2D eigenvalue weighted by Crippen LogP contribution is 2.51. The number of fused-ring (bicyclic) bond motifs is 1. The van der Waals surface area contributed by atoms with Crippen molar-refractivity contribution in [3.05, 3.63) is 42.1 Å². The van der Waals surface area contributed by atoms with Gasteiger partial charge in [0.15, 0.2) is 0 Å². The number of nitrogens with zero attached hydrogens (tertiary/aromatic N) is 1. The van der Waals surface area contributed by atoms with Gasteiger partial charge in [-0.1, -0.05) is 32.0 Å². The minimum atomic E-state index is 0.572. The Morgan fingerprint density at radius 1 is 1.21 bits per heavy atom. The van der Waals surface area contributed by atoms with Crippen molar-refractivity contribution in [3.8, 4) is 0 Å². The number of hydrogen-bond donors (Lipinski definition) is 1. The number of pyridine rings is 1. The predicted octanol–water partition coefficient (Wildman–Crippen LogP) is 3.76. The summed E-state index contributed by atoms with van der Waals surface area (Å²) in [5.74, 6) is 0.786. The molecule has 0 unspecified atom stereocenters. The number of nitrogens with one attached hydrogen (secondary N) is 1.